The predicted octanol–water partition coefficient (Wildman–Crippen LogP) is 4.40. The maximum absolute atomic E-state index is 12.7. The van der Waals surface area contributed by atoms with E-state index in [2.05, 4.69) is 5.32 Å². The minimum Gasteiger partial charge on any atom is -0.352 e. The molecule has 0 atom stereocenters. The summed E-state index contributed by atoms with van der Waals surface area (Å²) in [5.41, 5.74) is 2.23. The third-order valence-electron chi connectivity index (χ3n) is 4.32. The van der Waals surface area contributed by atoms with E-state index in [1.54, 1.807) is 42.7 Å². The van der Waals surface area contributed by atoms with Crippen LogP contribution in [0.15, 0.2) is 78.2 Å². The fourth-order valence-corrected chi connectivity index (χ4v) is 3.41. The van der Waals surface area contributed by atoms with E-state index in [0.29, 0.717) is 17.8 Å². The van der Waals surface area contributed by atoms with Crippen LogP contribution < -0.4 is 10.2 Å². The molecule has 0 bridgehead atoms. The first-order chi connectivity index (χ1) is 13.6. The van der Waals surface area contributed by atoms with Crippen LogP contribution in [0.4, 0.5) is 5.69 Å². The van der Waals surface area contributed by atoms with Crippen LogP contribution in [0.2, 0.25) is 0 Å². The van der Waals surface area contributed by atoms with Crippen molar-refractivity contribution in [2.75, 3.05) is 18.5 Å². The van der Waals surface area contributed by atoms with Gasteiger partial charge in [-0.15, -0.1) is 11.3 Å². The van der Waals surface area contributed by atoms with Gasteiger partial charge in [0.1, 0.15) is 0 Å². The summed E-state index contributed by atoms with van der Waals surface area (Å²) in [5.74, 6) is -0.369. The zero-order valence-corrected chi connectivity index (χ0v) is 16.5. The van der Waals surface area contributed by atoms with E-state index >= 15 is 0 Å². The zero-order valence-electron chi connectivity index (χ0n) is 15.7. The Labute approximate surface area is 169 Å². The Balaban J connectivity index is 1.65. The second-order valence-electron chi connectivity index (χ2n) is 6.25. The first-order valence-electron chi connectivity index (χ1n) is 9.05. The highest BCUT2D eigenvalue weighted by atomic mass is 32.1. The van der Waals surface area contributed by atoms with E-state index in [1.807, 2.05) is 53.9 Å². The van der Waals surface area contributed by atoms with Gasteiger partial charge in [-0.25, -0.2) is 0 Å². The first kappa shape index (κ1) is 19.6. The van der Waals surface area contributed by atoms with Crippen LogP contribution in [0.1, 0.15) is 20.8 Å². The van der Waals surface area contributed by atoms with Crippen molar-refractivity contribution in [2.45, 2.75) is 6.42 Å². The molecule has 142 valence electrons. The summed E-state index contributed by atoms with van der Waals surface area (Å²) < 4.78 is 0. The van der Waals surface area contributed by atoms with E-state index in [-0.39, 0.29) is 11.8 Å². The lowest BCUT2D eigenvalue weighted by molar-refractivity contribution is -0.113. The van der Waals surface area contributed by atoms with Gasteiger partial charge in [0.2, 0.25) is 0 Å². The molecule has 3 aromatic rings. The molecule has 1 aromatic heterocycles. The summed E-state index contributed by atoms with van der Waals surface area (Å²) in [6.07, 6.45) is 4.06. The molecule has 28 heavy (non-hydrogen) atoms. The molecule has 0 saturated carbocycles. The fraction of sp³-hybridized carbons (Fsp3) is 0.130. The second-order valence-corrected chi connectivity index (χ2v) is 7.23. The molecule has 0 saturated heterocycles. The van der Waals surface area contributed by atoms with Crippen LogP contribution in [0, 0.1) is 0 Å². The van der Waals surface area contributed by atoms with Gasteiger partial charge in [0, 0.05) is 24.5 Å². The Kier molecular flexibility index (Phi) is 6.76. The van der Waals surface area contributed by atoms with Crippen molar-refractivity contribution in [3.8, 4) is 0 Å². The Morgan fingerprint density at radius 1 is 1.00 bits per heavy atom. The number of carbonyl (C=O) groups is 2. The maximum atomic E-state index is 12.7. The van der Waals surface area contributed by atoms with Crippen molar-refractivity contribution >= 4 is 34.9 Å². The Bertz CT molecular complexity index is 950. The SMILES string of the molecule is CN(C(=O)C=Cc1cccs1)c1ccccc1C(=O)NCCc1ccccc1. The highest BCUT2D eigenvalue weighted by molar-refractivity contribution is 7.10. The second kappa shape index (κ2) is 9.67. The lowest BCUT2D eigenvalue weighted by Crippen LogP contribution is -2.30. The van der Waals surface area contributed by atoms with Gasteiger partial charge in [-0.05, 0) is 41.6 Å². The third-order valence-corrected chi connectivity index (χ3v) is 5.15. The zero-order chi connectivity index (χ0) is 19.8. The molecular formula is C23H22N2O2S. The van der Waals surface area contributed by atoms with Crippen molar-refractivity contribution in [2.24, 2.45) is 0 Å². The van der Waals surface area contributed by atoms with Crippen LogP contribution in [0.5, 0.6) is 0 Å². The molecule has 1 N–H and O–H groups in total. The number of para-hydroxylation sites is 1. The summed E-state index contributed by atoms with van der Waals surface area (Å²) in [4.78, 5) is 27.7. The molecule has 0 spiro atoms. The minimum atomic E-state index is -0.187. The van der Waals surface area contributed by atoms with E-state index in [0.717, 1.165) is 11.3 Å². The van der Waals surface area contributed by atoms with Crippen LogP contribution in [0.25, 0.3) is 6.08 Å². The smallest absolute Gasteiger partial charge is 0.253 e. The minimum absolute atomic E-state index is 0.182. The summed E-state index contributed by atoms with van der Waals surface area (Å²) in [6.45, 7) is 0.535. The summed E-state index contributed by atoms with van der Waals surface area (Å²) in [7, 11) is 1.68. The van der Waals surface area contributed by atoms with Crippen LogP contribution in [-0.4, -0.2) is 25.4 Å². The molecule has 0 aliphatic heterocycles. The van der Waals surface area contributed by atoms with Gasteiger partial charge in [-0.3, -0.25) is 9.59 Å². The summed E-state index contributed by atoms with van der Waals surface area (Å²) >= 11 is 1.57. The van der Waals surface area contributed by atoms with E-state index in [9.17, 15) is 9.59 Å². The van der Waals surface area contributed by atoms with Crippen molar-refractivity contribution in [1.82, 2.24) is 5.32 Å². The van der Waals surface area contributed by atoms with Crippen molar-refractivity contribution in [1.29, 1.82) is 0 Å². The molecule has 1 heterocycles. The van der Waals surface area contributed by atoms with Gasteiger partial charge in [-0.1, -0.05) is 48.5 Å². The molecule has 5 heteroatoms. The fourth-order valence-electron chi connectivity index (χ4n) is 2.79. The maximum Gasteiger partial charge on any atom is 0.253 e. The average Bonchev–Trinajstić information content (AvgIpc) is 3.26. The van der Waals surface area contributed by atoms with Gasteiger partial charge >= 0.3 is 0 Å². The highest BCUT2D eigenvalue weighted by Gasteiger charge is 2.16. The molecule has 0 aliphatic carbocycles. The summed E-state index contributed by atoms with van der Waals surface area (Å²) in [5, 5.41) is 4.90. The topological polar surface area (TPSA) is 49.4 Å². The van der Waals surface area contributed by atoms with Crippen molar-refractivity contribution in [3.63, 3.8) is 0 Å². The Morgan fingerprint density at radius 3 is 2.50 bits per heavy atom. The van der Waals surface area contributed by atoms with Crippen LogP contribution in [-0.2, 0) is 11.2 Å². The van der Waals surface area contributed by atoms with E-state index < -0.39 is 0 Å². The van der Waals surface area contributed by atoms with Crippen LogP contribution >= 0.6 is 11.3 Å². The number of benzene rings is 2. The third kappa shape index (κ3) is 5.18. The number of anilines is 1. The van der Waals surface area contributed by atoms with Gasteiger partial charge in [0.15, 0.2) is 0 Å². The Hall–Kier alpha value is -3.18. The molecule has 0 radical (unpaired) electrons. The molecule has 0 unspecified atom stereocenters. The quantitative estimate of drug-likeness (QED) is 0.608. The molecule has 0 fully saturated rings. The first-order valence-corrected chi connectivity index (χ1v) is 9.93. The van der Waals surface area contributed by atoms with Gasteiger partial charge < -0.3 is 10.2 Å². The number of amides is 2. The monoisotopic (exact) mass is 390 g/mol. The number of likely N-dealkylation sites (N-methyl/N-ethyl adjacent to an activating group) is 1. The lowest BCUT2D eigenvalue weighted by Gasteiger charge is -2.19. The number of nitrogens with zero attached hydrogens (tertiary/aromatic N) is 1. The Morgan fingerprint density at radius 2 is 1.75 bits per heavy atom. The van der Waals surface area contributed by atoms with Gasteiger partial charge in [0.05, 0.1) is 11.3 Å². The van der Waals surface area contributed by atoms with Gasteiger partial charge in [-0.2, -0.15) is 0 Å². The predicted molar refractivity (Wildman–Crippen MR) is 116 cm³/mol. The van der Waals surface area contributed by atoms with Crippen LogP contribution in [0.3, 0.4) is 0 Å². The number of hydrogen-bond acceptors (Lipinski definition) is 3. The molecular weight excluding hydrogens is 368 g/mol. The van der Waals surface area contributed by atoms with Crippen molar-refractivity contribution in [3.05, 3.63) is 94.2 Å². The molecule has 0 aliphatic rings. The number of hydrogen-bond donors (Lipinski definition) is 1. The number of carbonyl (C=O) groups excluding carboxylic acids is 2. The summed E-state index contributed by atoms with van der Waals surface area (Å²) in [6, 6.07) is 21.0. The number of rotatable bonds is 7. The normalized spacial score (nSPS) is 10.8. The number of nitrogens with one attached hydrogen (secondary N) is 1. The van der Waals surface area contributed by atoms with Crippen molar-refractivity contribution < 1.29 is 9.59 Å². The molecule has 4 nitrogen and oxygen atoms in total. The van der Waals surface area contributed by atoms with E-state index in [1.165, 1.54) is 16.5 Å². The average molecular weight is 391 g/mol. The standard InChI is InChI=1S/C23H22N2O2S/c1-25(22(26)14-13-19-10-7-17-28-19)21-12-6-5-11-20(21)23(27)24-16-15-18-8-3-2-4-9-18/h2-14,17H,15-16H2,1H3,(H,24,27). The highest BCUT2D eigenvalue weighted by Crippen LogP contribution is 2.20. The molecule has 2 amide bonds. The number of thiophene rings is 1. The van der Waals surface area contributed by atoms with E-state index in [4.69, 9.17) is 0 Å². The largest absolute Gasteiger partial charge is 0.352 e. The molecule has 3 rings (SSSR count). The van der Waals surface area contributed by atoms with Gasteiger partial charge in [0.25, 0.3) is 11.8 Å². The molecule has 2 aromatic carbocycles. The lowest BCUT2D eigenvalue weighted by atomic mass is 10.1.